The number of halogens is 4. The van der Waals surface area contributed by atoms with Gasteiger partial charge in [-0.15, -0.1) is 11.3 Å². The minimum Gasteiger partial charge on any atom is -0.296 e. The Balaban J connectivity index is 1.58. The zero-order chi connectivity index (χ0) is 24.3. The van der Waals surface area contributed by atoms with Crippen molar-refractivity contribution in [2.24, 2.45) is 0 Å². The van der Waals surface area contributed by atoms with E-state index in [9.17, 15) is 13.2 Å². The maximum absolute atomic E-state index is 13.1. The number of piperidine rings is 1. The largest absolute Gasteiger partial charge is 0.416 e. The Hall–Kier alpha value is -1.70. The quantitative estimate of drug-likeness (QED) is 0.273. The van der Waals surface area contributed by atoms with Gasteiger partial charge in [0.25, 0.3) is 0 Å². The van der Waals surface area contributed by atoms with Crippen LogP contribution in [0.5, 0.6) is 0 Å². The van der Waals surface area contributed by atoms with Gasteiger partial charge < -0.3 is 0 Å². The van der Waals surface area contributed by atoms with Crippen molar-refractivity contribution >= 4 is 27.3 Å². The minimum atomic E-state index is -4.31. The number of hydrogen-bond donors (Lipinski definition) is 0. The fourth-order valence-electron chi connectivity index (χ4n) is 4.77. The van der Waals surface area contributed by atoms with Crippen molar-refractivity contribution in [1.82, 2.24) is 9.88 Å². The highest BCUT2D eigenvalue weighted by Gasteiger charge is 2.34. The van der Waals surface area contributed by atoms with Crippen LogP contribution >= 0.6 is 27.3 Å². The SMILES string of the molecule is CCCCCN1CCC(c2nc(C)c(-c3ccc(Br)cc3)s2)CC1c1ccc(C(F)(F)F)cc1. The molecule has 0 bridgehead atoms. The van der Waals surface area contributed by atoms with Gasteiger partial charge in [0.2, 0.25) is 0 Å². The van der Waals surface area contributed by atoms with Crippen LogP contribution in [0, 0.1) is 6.92 Å². The van der Waals surface area contributed by atoms with Crippen molar-refractivity contribution in [1.29, 1.82) is 0 Å². The summed E-state index contributed by atoms with van der Waals surface area (Å²) in [7, 11) is 0. The van der Waals surface area contributed by atoms with Crippen LogP contribution in [0.15, 0.2) is 53.0 Å². The Morgan fingerprint density at radius 1 is 1.06 bits per heavy atom. The van der Waals surface area contributed by atoms with E-state index < -0.39 is 11.7 Å². The van der Waals surface area contributed by atoms with Gasteiger partial charge in [0, 0.05) is 16.4 Å². The molecular formula is C27H30BrF3N2S. The van der Waals surface area contributed by atoms with Crippen molar-refractivity contribution in [3.05, 3.63) is 74.8 Å². The maximum Gasteiger partial charge on any atom is 0.416 e. The maximum atomic E-state index is 13.1. The number of benzene rings is 2. The third kappa shape index (κ3) is 5.92. The van der Waals surface area contributed by atoms with Gasteiger partial charge in [0.15, 0.2) is 0 Å². The molecule has 2 nitrogen and oxygen atoms in total. The standard InChI is InChI=1S/C27H30BrF3N2S/c1-3-4-5-15-33-16-14-21(17-24(33)19-6-10-22(11-7-19)27(29,30)31)26-32-18(2)25(34-26)20-8-12-23(28)13-9-20/h6-13,21,24H,3-5,14-17H2,1-2H3. The van der Waals surface area contributed by atoms with Crippen LogP contribution < -0.4 is 0 Å². The number of likely N-dealkylation sites (tertiary alicyclic amines) is 1. The summed E-state index contributed by atoms with van der Waals surface area (Å²) in [4.78, 5) is 8.60. The van der Waals surface area contributed by atoms with Crippen LogP contribution in [0.25, 0.3) is 10.4 Å². The molecule has 182 valence electrons. The molecule has 0 N–H and O–H groups in total. The summed E-state index contributed by atoms with van der Waals surface area (Å²) in [6, 6.07) is 14.2. The van der Waals surface area contributed by atoms with Crippen LogP contribution in [-0.4, -0.2) is 23.0 Å². The number of rotatable bonds is 7. The molecule has 1 aromatic heterocycles. The molecule has 2 atom stereocenters. The minimum absolute atomic E-state index is 0.109. The van der Waals surface area contributed by atoms with Crippen LogP contribution in [0.1, 0.15) is 72.8 Å². The van der Waals surface area contributed by atoms with Crippen molar-refractivity contribution < 1.29 is 13.2 Å². The van der Waals surface area contributed by atoms with E-state index in [1.54, 1.807) is 23.5 Å². The summed E-state index contributed by atoms with van der Waals surface area (Å²) in [5, 5.41) is 1.14. The first kappa shape index (κ1) is 25.4. The number of unbranched alkanes of at least 4 members (excludes halogenated alkanes) is 2. The molecule has 2 unspecified atom stereocenters. The molecular weight excluding hydrogens is 521 g/mol. The Morgan fingerprint density at radius 3 is 2.41 bits per heavy atom. The molecule has 2 aromatic carbocycles. The second-order valence-electron chi connectivity index (χ2n) is 9.07. The predicted octanol–water partition coefficient (Wildman–Crippen LogP) is 9.01. The first-order chi connectivity index (χ1) is 16.3. The lowest BCUT2D eigenvalue weighted by Gasteiger charge is -2.39. The number of nitrogens with zero attached hydrogens (tertiary/aromatic N) is 2. The second-order valence-corrected chi connectivity index (χ2v) is 11.0. The third-order valence-electron chi connectivity index (χ3n) is 6.65. The Bertz CT molecular complexity index is 1080. The van der Waals surface area contributed by atoms with Gasteiger partial charge in [-0.1, -0.05) is 60.0 Å². The van der Waals surface area contributed by atoms with Gasteiger partial charge in [0.05, 0.1) is 21.1 Å². The molecule has 34 heavy (non-hydrogen) atoms. The predicted molar refractivity (Wildman–Crippen MR) is 137 cm³/mol. The summed E-state index contributed by atoms with van der Waals surface area (Å²) in [5.74, 6) is 0.308. The van der Waals surface area contributed by atoms with Gasteiger partial charge in [-0.2, -0.15) is 13.2 Å². The Morgan fingerprint density at radius 2 is 1.76 bits per heavy atom. The molecule has 0 radical (unpaired) electrons. The third-order valence-corrected chi connectivity index (χ3v) is 8.55. The molecule has 0 saturated carbocycles. The molecule has 3 aromatic rings. The lowest BCUT2D eigenvalue weighted by molar-refractivity contribution is -0.137. The fraction of sp³-hybridized carbons (Fsp3) is 0.444. The van der Waals surface area contributed by atoms with E-state index in [0.29, 0.717) is 5.92 Å². The molecule has 1 saturated heterocycles. The van der Waals surface area contributed by atoms with E-state index in [4.69, 9.17) is 4.98 Å². The van der Waals surface area contributed by atoms with Crippen molar-refractivity contribution in [2.75, 3.05) is 13.1 Å². The molecule has 1 aliphatic heterocycles. The zero-order valence-corrected chi connectivity index (χ0v) is 21.9. The summed E-state index contributed by atoms with van der Waals surface area (Å²) >= 11 is 5.25. The van der Waals surface area contributed by atoms with Gasteiger partial charge in [0.1, 0.15) is 0 Å². The van der Waals surface area contributed by atoms with Crippen LogP contribution in [0.3, 0.4) is 0 Å². The van der Waals surface area contributed by atoms with E-state index >= 15 is 0 Å². The topological polar surface area (TPSA) is 16.1 Å². The van der Waals surface area contributed by atoms with Crippen molar-refractivity contribution in [3.8, 4) is 10.4 Å². The van der Waals surface area contributed by atoms with E-state index in [1.165, 1.54) is 29.0 Å². The van der Waals surface area contributed by atoms with E-state index in [2.05, 4.69) is 46.8 Å². The number of aryl methyl sites for hydroxylation is 1. The highest BCUT2D eigenvalue weighted by atomic mass is 79.9. The number of aromatic nitrogens is 1. The lowest BCUT2D eigenvalue weighted by Crippen LogP contribution is -2.37. The van der Waals surface area contributed by atoms with Gasteiger partial charge in [-0.25, -0.2) is 4.98 Å². The average Bonchev–Trinajstić information content (AvgIpc) is 3.21. The van der Waals surface area contributed by atoms with Crippen molar-refractivity contribution in [2.45, 2.75) is 64.1 Å². The summed E-state index contributed by atoms with van der Waals surface area (Å²) in [5.41, 5.74) is 2.59. The normalized spacial score (nSPS) is 19.5. The first-order valence-electron chi connectivity index (χ1n) is 11.9. The summed E-state index contributed by atoms with van der Waals surface area (Å²) in [6.45, 7) is 6.16. The van der Waals surface area contributed by atoms with Crippen molar-refractivity contribution in [3.63, 3.8) is 0 Å². The first-order valence-corrected chi connectivity index (χ1v) is 13.5. The van der Waals surface area contributed by atoms with Crippen LogP contribution in [-0.2, 0) is 6.18 Å². The molecule has 0 spiro atoms. The number of thiazole rings is 1. The second kappa shape index (κ2) is 10.9. The molecule has 0 amide bonds. The van der Waals surface area contributed by atoms with Gasteiger partial charge in [-0.3, -0.25) is 4.90 Å². The monoisotopic (exact) mass is 550 g/mol. The fourth-order valence-corrected chi connectivity index (χ4v) is 6.26. The zero-order valence-electron chi connectivity index (χ0n) is 19.5. The lowest BCUT2D eigenvalue weighted by atomic mass is 9.87. The average molecular weight is 552 g/mol. The number of alkyl halides is 3. The molecule has 1 fully saturated rings. The molecule has 4 rings (SSSR count). The van der Waals surface area contributed by atoms with Gasteiger partial charge >= 0.3 is 6.18 Å². The van der Waals surface area contributed by atoms with E-state index in [1.807, 2.05) is 12.1 Å². The molecule has 7 heteroatoms. The van der Waals surface area contributed by atoms with E-state index in [0.717, 1.165) is 59.5 Å². The highest BCUT2D eigenvalue weighted by molar-refractivity contribution is 9.10. The Labute approximate surface area is 212 Å². The van der Waals surface area contributed by atoms with Crippen LogP contribution in [0.4, 0.5) is 13.2 Å². The van der Waals surface area contributed by atoms with Crippen LogP contribution in [0.2, 0.25) is 0 Å². The molecule has 1 aliphatic rings. The molecule has 0 aliphatic carbocycles. The smallest absolute Gasteiger partial charge is 0.296 e. The summed E-state index contributed by atoms with van der Waals surface area (Å²) in [6.07, 6.45) is 1.03. The molecule has 2 heterocycles. The van der Waals surface area contributed by atoms with E-state index in [-0.39, 0.29) is 6.04 Å². The summed E-state index contributed by atoms with van der Waals surface area (Å²) < 4.78 is 40.4. The highest BCUT2D eigenvalue weighted by Crippen LogP contribution is 2.43. The van der Waals surface area contributed by atoms with Gasteiger partial charge in [-0.05, 0) is 74.7 Å². The Kier molecular flexibility index (Phi) is 8.16. The number of hydrogen-bond acceptors (Lipinski definition) is 3.